The van der Waals surface area contributed by atoms with E-state index in [0.29, 0.717) is 22.2 Å². The molecule has 1 unspecified atom stereocenters. The van der Waals surface area contributed by atoms with Crippen molar-refractivity contribution in [2.75, 3.05) is 6.61 Å². The van der Waals surface area contributed by atoms with Gasteiger partial charge in [0.05, 0.1) is 6.61 Å². The van der Waals surface area contributed by atoms with E-state index in [-0.39, 0.29) is 18.8 Å². The van der Waals surface area contributed by atoms with Gasteiger partial charge >= 0.3 is 5.97 Å². The molecule has 6 heteroatoms. The van der Waals surface area contributed by atoms with Gasteiger partial charge in [0.25, 0.3) is 0 Å². The maximum Gasteiger partial charge on any atom is 0.323 e. The fraction of sp³-hybridized carbons (Fsp3) is 0.364. The summed E-state index contributed by atoms with van der Waals surface area (Å²) in [5, 5.41) is 1.01. The Morgan fingerprint density at radius 3 is 2.41 bits per heavy atom. The molecule has 0 amide bonds. The van der Waals surface area contributed by atoms with Gasteiger partial charge in [-0.2, -0.15) is 0 Å². The summed E-state index contributed by atoms with van der Waals surface area (Å²) >= 11 is 11.9. The first kappa shape index (κ1) is 16.5. The molecule has 1 atom stereocenters. The van der Waals surface area contributed by atoms with Crippen LogP contribution >= 0.6 is 35.6 Å². The van der Waals surface area contributed by atoms with Crippen molar-refractivity contribution in [3.8, 4) is 0 Å². The number of halogens is 3. The molecule has 0 aliphatic carbocycles. The van der Waals surface area contributed by atoms with E-state index in [2.05, 4.69) is 0 Å². The van der Waals surface area contributed by atoms with Crippen molar-refractivity contribution in [3.05, 3.63) is 33.8 Å². The molecular weight excluding hydrogens is 284 g/mol. The van der Waals surface area contributed by atoms with E-state index in [1.54, 1.807) is 25.1 Å². The molecule has 0 aliphatic heterocycles. The molecule has 0 aliphatic rings. The highest BCUT2D eigenvalue weighted by atomic mass is 35.5. The second kappa shape index (κ2) is 7.77. The molecule has 2 N–H and O–H groups in total. The highest BCUT2D eigenvalue weighted by Crippen LogP contribution is 2.25. The number of rotatable bonds is 4. The van der Waals surface area contributed by atoms with E-state index in [0.717, 1.165) is 0 Å². The molecule has 1 aromatic carbocycles. The topological polar surface area (TPSA) is 52.3 Å². The Labute approximate surface area is 117 Å². The summed E-state index contributed by atoms with van der Waals surface area (Å²) in [6.45, 7) is 2.04. The third-order valence-corrected chi connectivity index (χ3v) is 2.78. The van der Waals surface area contributed by atoms with Crippen LogP contribution in [-0.4, -0.2) is 18.6 Å². The van der Waals surface area contributed by atoms with Gasteiger partial charge in [0.1, 0.15) is 6.04 Å². The predicted molar refractivity (Wildman–Crippen MR) is 72.0 cm³/mol. The minimum atomic E-state index is -0.739. The summed E-state index contributed by atoms with van der Waals surface area (Å²) in [5.74, 6) is -0.446. The van der Waals surface area contributed by atoms with E-state index < -0.39 is 12.0 Å². The van der Waals surface area contributed by atoms with Gasteiger partial charge in [-0.3, -0.25) is 4.79 Å². The van der Waals surface area contributed by atoms with Gasteiger partial charge in [0.15, 0.2) is 0 Å². The van der Waals surface area contributed by atoms with Crippen LogP contribution in [-0.2, 0) is 16.0 Å². The van der Waals surface area contributed by atoms with E-state index in [9.17, 15) is 4.79 Å². The summed E-state index contributed by atoms with van der Waals surface area (Å²) in [4.78, 5) is 11.3. The maximum absolute atomic E-state index is 11.3. The van der Waals surface area contributed by atoms with Crippen LogP contribution in [0.1, 0.15) is 12.5 Å². The van der Waals surface area contributed by atoms with Gasteiger partial charge in [-0.15, -0.1) is 12.4 Å². The standard InChI is InChI=1S/C11H13Cl2NO2.ClH/c1-2-16-11(15)10(14)6-7-8(12)4-3-5-9(7)13;/h3-5,10H,2,6,14H2,1H3;1H. The first-order valence-corrected chi connectivity index (χ1v) is 5.67. The predicted octanol–water partition coefficient (Wildman–Crippen LogP) is 2.85. The Morgan fingerprint density at radius 2 is 1.94 bits per heavy atom. The van der Waals surface area contributed by atoms with Crippen LogP contribution in [0.25, 0.3) is 0 Å². The van der Waals surface area contributed by atoms with Gasteiger partial charge in [-0.25, -0.2) is 0 Å². The highest BCUT2D eigenvalue weighted by Gasteiger charge is 2.18. The van der Waals surface area contributed by atoms with Gasteiger partial charge in [-0.05, 0) is 24.6 Å². The Bertz CT molecular complexity index is 365. The SMILES string of the molecule is CCOC(=O)C(N)Cc1c(Cl)cccc1Cl.Cl. The van der Waals surface area contributed by atoms with Crippen molar-refractivity contribution in [1.29, 1.82) is 0 Å². The lowest BCUT2D eigenvalue weighted by atomic mass is 10.1. The zero-order valence-electron chi connectivity index (χ0n) is 9.28. The highest BCUT2D eigenvalue weighted by molar-refractivity contribution is 6.36. The number of carbonyl (C=O) groups excluding carboxylic acids is 1. The molecule has 0 spiro atoms. The number of nitrogens with two attached hydrogens (primary N) is 1. The molecule has 1 aromatic rings. The molecule has 0 saturated heterocycles. The number of carbonyl (C=O) groups is 1. The molecule has 0 heterocycles. The Hall–Kier alpha value is -0.480. The van der Waals surface area contributed by atoms with Crippen LogP contribution in [0.3, 0.4) is 0 Å². The quantitative estimate of drug-likeness (QED) is 0.870. The molecule has 0 saturated carbocycles. The van der Waals surface area contributed by atoms with Crippen molar-refractivity contribution in [2.45, 2.75) is 19.4 Å². The minimum absolute atomic E-state index is 0. The van der Waals surface area contributed by atoms with Gasteiger partial charge in [-0.1, -0.05) is 29.3 Å². The zero-order valence-corrected chi connectivity index (χ0v) is 11.6. The summed E-state index contributed by atoms with van der Waals surface area (Å²) in [5.41, 5.74) is 6.35. The molecule has 3 nitrogen and oxygen atoms in total. The van der Waals surface area contributed by atoms with Gasteiger partial charge < -0.3 is 10.5 Å². The third kappa shape index (κ3) is 4.72. The fourth-order valence-corrected chi connectivity index (χ4v) is 1.83. The second-order valence-corrected chi connectivity index (χ2v) is 4.08. The van der Waals surface area contributed by atoms with E-state index in [1.165, 1.54) is 0 Å². The van der Waals surface area contributed by atoms with Crippen LogP contribution in [0, 0.1) is 0 Å². The van der Waals surface area contributed by atoms with Gasteiger partial charge in [0.2, 0.25) is 0 Å². The third-order valence-electron chi connectivity index (χ3n) is 2.08. The molecule has 1 rings (SSSR count). The van der Waals surface area contributed by atoms with Crippen molar-refractivity contribution in [3.63, 3.8) is 0 Å². The maximum atomic E-state index is 11.3. The average molecular weight is 299 g/mol. The minimum Gasteiger partial charge on any atom is -0.465 e. The van der Waals surface area contributed by atoms with Crippen molar-refractivity contribution in [2.24, 2.45) is 5.73 Å². The summed E-state index contributed by atoms with van der Waals surface area (Å²) < 4.78 is 4.81. The lowest BCUT2D eigenvalue weighted by Crippen LogP contribution is -2.34. The fourth-order valence-electron chi connectivity index (χ4n) is 1.28. The number of hydrogen-bond donors (Lipinski definition) is 1. The molecule has 0 aromatic heterocycles. The Morgan fingerprint density at radius 1 is 1.41 bits per heavy atom. The normalized spacial score (nSPS) is 11.5. The Kier molecular flexibility index (Phi) is 7.55. The van der Waals surface area contributed by atoms with Gasteiger partial charge in [0, 0.05) is 16.5 Å². The monoisotopic (exact) mass is 297 g/mol. The van der Waals surface area contributed by atoms with Crippen LogP contribution in [0.5, 0.6) is 0 Å². The molecule has 0 radical (unpaired) electrons. The zero-order chi connectivity index (χ0) is 12.1. The number of hydrogen-bond acceptors (Lipinski definition) is 3. The summed E-state index contributed by atoms with van der Waals surface area (Å²) in [7, 11) is 0. The summed E-state index contributed by atoms with van der Waals surface area (Å²) in [6.07, 6.45) is 0.275. The lowest BCUT2D eigenvalue weighted by molar-refractivity contribution is -0.144. The van der Waals surface area contributed by atoms with E-state index in [1.807, 2.05) is 0 Å². The van der Waals surface area contributed by atoms with Crippen LogP contribution in [0.4, 0.5) is 0 Å². The lowest BCUT2D eigenvalue weighted by Gasteiger charge is -2.12. The van der Waals surface area contributed by atoms with Crippen molar-refractivity contribution >= 4 is 41.6 Å². The molecule has 17 heavy (non-hydrogen) atoms. The Balaban J connectivity index is 0.00000256. The molecule has 0 bridgehead atoms. The number of ether oxygens (including phenoxy) is 1. The number of benzene rings is 1. The molecular formula is C11H14Cl3NO2. The second-order valence-electron chi connectivity index (χ2n) is 3.26. The van der Waals surface area contributed by atoms with Crippen molar-refractivity contribution < 1.29 is 9.53 Å². The summed E-state index contributed by atoms with van der Waals surface area (Å²) in [6, 6.07) is 4.42. The van der Waals surface area contributed by atoms with Crippen LogP contribution in [0.2, 0.25) is 10.0 Å². The van der Waals surface area contributed by atoms with E-state index >= 15 is 0 Å². The number of esters is 1. The van der Waals surface area contributed by atoms with Crippen molar-refractivity contribution in [1.82, 2.24) is 0 Å². The smallest absolute Gasteiger partial charge is 0.323 e. The molecule has 96 valence electrons. The van der Waals surface area contributed by atoms with Crippen LogP contribution < -0.4 is 5.73 Å². The van der Waals surface area contributed by atoms with E-state index in [4.69, 9.17) is 33.7 Å². The van der Waals surface area contributed by atoms with Crippen LogP contribution in [0.15, 0.2) is 18.2 Å². The average Bonchev–Trinajstić information content (AvgIpc) is 2.23. The molecule has 0 fully saturated rings. The first-order chi connectivity index (χ1) is 7.56. The first-order valence-electron chi connectivity index (χ1n) is 4.91. The largest absolute Gasteiger partial charge is 0.465 e.